The van der Waals surface area contributed by atoms with Crippen molar-refractivity contribution in [3.63, 3.8) is 0 Å². The topological polar surface area (TPSA) is 142 Å². The average Bonchev–Trinajstić information content (AvgIpc) is 2.86. The molecule has 1 aliphatic rings. The van der Waals surface area contributed by atoms with Crippen molar-refractivity contribution in [1.82, 2.24) is 5.32 Å². The summed E-state index contributed by atoms with van der Waals surface area (Å²) in [7, 11) is 1.42. The minimum absolute atomic E-state index is 0.0111. The molecule has 0 saturated carbocycles. The fourth-order valence-corrected chi connectivity index (χ4v) is 4.99. The molecule has 9 heteroatoms. The Bertz CT molecular complexity index is 1050. The van der Waals surface area contributed by atoms with Crippen molar-refractivity contribution in [2.75, 3.05) is 7.11 Å². The van der Waals surface area contributed by atoms with Crippen LogP contribution in [0.2, 0.25) is 0 Å². The molecule has 218 valence electrons. The molecule has 39 heavy (non-hydrogen) atoms. The first-order valence-corrected chi connectivity index (χ1v) is 13.6. The van der Waals surface area contributed by atoms with Gasteiger partial charge in [0.15, 0.2) is 6.23 Å². The van der Waals surface area contributed by atoms with E-state index in [4.69, 9.17) is 9.47 Å². The molecule has 1 amide bonds. The van der Waals surface area contributed by atoms with Gasteiger partial charge in [-0.3, -0.25) is 9.59 Å². The Labute approximate surface area is 231 Å². The summed E-state index contributed by atoms with van der Waals surface area (Å²) in [6.07, 6.45) is 0.155. The van der Waals surface area contributed by atoms with Crippen molar-refractivity contribution in [3.8, 4) is 5.75 Å². The summed E-state index contributed by atoms with van der Waals surface area (Å²) in [6.45, 7) is 13.2. The second kappa shape index (κ2) is 14.1. The minimum atomic E-state index is -1.22. The number of carbonyl (C=O) groups excluding carboxylic acids is 2. The van der Waals surface area contributed by atoms with E-state index in [0.717, 1.165) is 17.6 Å². The van der Waals surface area contributed by atoms with Crippen LogP contribution in [0.3, 0.4) is 0 Å². The van der Waals surface area contributed by atoms with Crippen molar-refractivity contribution in [3.05, 3.63) is 41.0 Å². The lowest BCUT2D eigenvalue weighted by molar-refractivity contribution is -0.182. The largest absolute Gasteiger partial charge is 0.507 e. The van der Waals surface area contributed by atoms with Gasteiger partial charge in [0.1, 0.15) is 29.3 Å². The van der Waals surface area contributed by atoms with Crippen molar-refractivity contribution < 1.29 is 39.2 Å². The van der Waals surface area contributed by atoms with Gasteiger partial charge in [-0.15, -0.1) is 6.58 Å². The zero-order valence-corrected chi connectivity index (χ0v) is 24.1. The minimum Gasteiger partial charge on any atom is -0.507 e. The molecule has 1 saturated heterocycles. The van der Waals surface area contributed by atoms with Crippen molar-refractivity contribution in [2.45, 2.75) is 104 Å². The van der Waals surface area contributed by atoms with Crippen molar-refractivity contribution in [1.29, 1.82) is 0 Å². The number of hydrogen-bond donors (Lipinski definition) is 4. The standard InChI is InChI=1S/C30H45NO8/c1-17(2)8-13-22(33)27(35)31-28(38-7)23-16-24(34)30(5,6)25(39-23)15-10-18(3)9-12-20-19(4)11-14-21(32)26(20)29(36)37/h11,14,18,22-23,25,28,32-33H,1,8-10,12-13,15-16H2,2-7H3,(H,31,35)(H,36,37)/t18-,22-,23-,25?,28-/m0/s1. The van der Waals surface area contributed by atoms with Crippen LogP contribution in [0, 0.1) is 18.3 Å². The molecule has 1 aromatic rings. The number of carbonyl (C=O) groups is 3. The molecule has 1 aromatic carbocycles. The number of allylic oxidation sites excluding steroid dienone is 1. The number of carboxylic acids is 1. The van der Waals surface area contributed by atoms with Gasteiger partial charge in [0, 0.05) is 18.9 Å². The number of ketones is 1. The number of aromatic hydroxyl groups is 1. The van der Waals surface area contributed by atoms with E-state index in [0.29, 0.717) is 31.2 Å². The van der Waals surface area contributed by atoms with E-state index in [1.807, 2.05) is 27.7 Å². The summed E-state index contributed by atoms with van der Waals surface area (Å²) in [4.78, 5) is 37.3. The summed E-state index contributed by atoms with van der Waals surface area (Å²) in [5.41, 5.74) is 1.54. The van der Waals surface area contributed by atoms with E-state index in [2.05, 4.69) is 18.8 Å². The summed E-state index contributed by atoms with van der Waals surface area (Å²) in [6, 6.07) is 3.12. The third kappa shape index (κ3) is 8.62. The molecule has 2 rings (SSSR count). The molecule has 1 unspecified atom stereocenters. The fourth-order valence-electron chi connectivity index (χ4n) is 4.99. The van der Waals surface area contributed by atoms with Gasteiger partial charge >= 0.3 is 5.97 Å². The maximum Gasteiger partial charge on any atom is 0.339 e. The van der Waals surface area contributed by atoms with E-state index in [9.17, 15) is 29.7 Å². The zero-order valence-electron chi connectivity index (χ0n) is 24.1. The van der Waals surface area contributed by atoms with Gasteiger partial charge in [0.25, 0.3) is 5.91 Å². The molecule has 1 aliphatic heterocycles. The number of benzene rings is 1. The van der Waals surface area contributed by atoms with Gasteiger partial charge in [-0.1, -0.05) is 32.4 Å². The number of aliphatic hydroxyl groups excluding tert-OH is 1. The number of aliphatic hydroxyl groups is 1. The third-order valence-electron chi connectivity index (χ3n) is 7.82. The number of carboxylic acid groups (broad SMARTS) is 1. The monoisotopic (exact) mass is 547 g/mol. The number of nitrogens with one attached hydrogen (secondary N) is 1. The van der Waals surface area contributed by atoms with Crippen molar-refractivity contribution in [2.24, 2.45) is 11.3 Å². The maximum atomic E-state index is 13.1. The van der Waals surface area contributed by atoms with Crippen LogP contribution in [0.25, 0.3) is 0 Å². The highest BCUT2D eigenvalue weighted by atomic mass is 16.6. The second-order valence-electron chi connectivity index (χ2n) is 11.5. The Hall–Kier alpha value is -2.75. The highest BCUT2D eigenvalue weighted by molar-refractivity contribution is 5.93. The quantitative estimate of drug-likeness (QED) is 0.199. The van der Waals surface area contributed by atoms with Gasteiger partial charge in [0.05, 0.1) is 6.10 Å². The number of phenols is 1. The Morgan fingerprint density at radius 2 is 1.92 bits per heavy atom. The van der Waals surface area contributed by atoms with Crippen LogP contribution < -0.4 is 5.32 Å². The van der Waals surface area contributed by atoms with Gasteiger partial charge in [0.2, 0.25) is 0 Å². The number of Topliss-reactive ketones (excluding diaryl/α,β-unsaturated/α-hetero) is 1. The van der Waals surface area contributed by atoms with Crippen LogP contribution >= 0.6 is 0 Å². The molecule has 0 spiro atoms. The van der Waals surface area contributed by atoms with Crippen LogP contribution in [0.4, 0.5) is 0 Å². The second-order valence-corrected chi connectivity index (χ2v) is 11.5. The van der Waals surface area contributed by atoms with Crippen LogP contribution in [0.1, 0.15) is 87.7 Å². The predicted octanol–water partition coefficient (Wildman–Crippen LogP) is 4.31. The molecule has 0 aromatic heterocycles. The normalized spacial score (nSPS) is 21.2. The Balaban J connectivity index is 2.03. The zero-order chi connectivity index (χ0) is 29.5. The first-order chi connectivity index (χ1) is 18.2. The first kappa shape index (κ1) is 32.5. The molecular formula is C30H45NO8. The molecular weight excluding hydrogens is 502 g/mol. The smallest absolute Gasteiger partial charge is 0.339 e. The SMILES string of the molecule is C=C(C)CC[C@H](O)C(=O)N[C@@H](OC)[C@@H]1CC(=O)C(C)(C)C(CC[C@@H](C)CCc2c(C)ccc(O)c2C(=O)O)O1. The molecule has 1 heterocycles. The number of amides is 1. The Kier molecular flexibility index (Phi) is 11.7. The highest BCUT2D eigenvalue weighted by Crippen LogP contribution is 2.38. The van der Waals surface area contributed by atoms with E-state index in [-0.39, 0.29) is 35.9 Å². The van der Waals surface area contributed by atoms with Crippen molar-refractivity contribution >= 4 is 17.7 Å². The molecule has 0 bridgehead atoms. The maximum absolute atomic E-state index is 13.1. The lowest BCUT2D eigenvalue weighted by Gasteiger charge is -2.43. The summed E-state index contributed by atoms with van der Waals surface area (Å²) in [5, 5.41) is 32.5. The molecule has 1 fully saturated rings. The molecule has 4 N–H and O–H groups in total. The number of aryl methyl sites for hydroxylation is 1. The third-order valence-corrected chi connectivity index (χ3v) is 7.82. The lowest BCUT2D eigenvalue weighted by Crippen LogP contribution is -2.56. The molecule has 0 aliphatic carbocycles. The van der Waals surface area contributed by atoms with E-state index in [1.54, 1.807) is 6.07 Å². The lowest BCUT2D eigenvalue weighted by atomic mass is 9.75. The predicted molar refractivity (Wildman–Crippen MR) is 148 cm³/mol. The van der Waals surface area contributed by atoms with E-state index < -0.39 is 41.8 Å². The molecule has 0 radical (unpaired) electrons. The van der Waals surface area contributed by atoms with E-state index >= 15 is 0 Å². The van der Waals surface area contributed by atoms with Crippen LogP contribution in [-0.4, -0.2) is 64.6 Å². The van der Waals surface area contributed by atoms with Crippen LogP contribution in [-0.2, 0) is 25.5 Å². The van der Waals surface area contributed by atoms with Crippen LogP contribution in [0.15, 0.2) is 24.3 Å². The van der Waals surface area contributed by atoms with Crippen LogP contribution in [0.5, 0.6) is 5.75 Å². The Morgan fingerprint density at radius 1 is 1.26 bits per heavy atom. The summed E-state index contributed by atoms with van der Waals surface area (Å²) >= 11 is 0. The average molecular weight is 548 g/mol. The first-order valence-electron chi connectivity index (χ1n) is 13.6. The summed E-state index contributed by atoms with van der Waals surface area (Å²) in [5.74, 6) is -1.76. The number of hydrogen-bond acceptors (Lipinski definition) is 7. The van der Waals surface area contributed by atoms with Gasteiger partial charge in [-0.05, 0) is 75.5 Å². The highest BCUT2D eigenvalue weighted by Gasteiger charge is 2.46. The molecule has 9 nitrogen and oxygen atoms in total. The fraction of sp³-hybridized carbons (Fsp3) is 0.633. The molecule has 5 atom stereocenters. The van der Waals surface area contributed by atoms with Gasteiger partial charge in [-0.2, -0.15) is 0 Å². The van der Waals surface area contributed by atoms with Gasteiger partial charge < -0.3 is 30.1 Å². The number of ether oxygens (including phenoxy) is 2. The summed E-state index contributed by atoms with van der Waals surface area (Å²) < 4.78 is 11.8. The number of rotatable bonds is 14. The van der Waals surface area contributed by atoms with E-state index in [1.165, 1.54) is 13.2 Å². The Morgan fingerprint density at radius 3 is 2.51 bits per heavy atom. The number of aromatic carboxylic acids is 1. The number of methoxy groups -OCH3 is 1. The van der Waals surface area contributed by atoms with Gasteiger partial charge in [-0.25, -0.2) is 4.79 Å².